The van der Waals surface area contributed by atoms with Gasteiger partial charge >= 0.3 is 5.97 Å². The number of piperidine rings is 1. The van der Waals surface area contributed by atoms with Gasteiger partial charge in [0.1, 0.15) is 5.56 Å². The first kappa shape index (κ1) is 22.8. The van der Waals surface area contributed by atoms with E-state index in [0.717, 1.165) is 69.4 Å². The summed E-state index contributed by atoms with van der Waals surface area (Å²) in [6, 6.07) is 8.43. The van der Waals surface area contributed by atoms with E-state index in [1.54, 1.807) is 0 Å². The molecular weight excluding hydrogens is 438 g/mol. The maximum Gasteiger partial charge on any atom is 0.339 e. The lowest BCUT2D eigenvalue weighted by atomic mass is 9.75. The molecule has 0 radical (unpaired) electrons. The lowest BCUT2D eigenvalue weighted by Crippen LogP contribution is -2.47. The molecule has 1 aliphatic heterocycles. The standard InChI is InChI=1S/C29H37N3O3/c33-27(31-15-5-14-29(19-31)12-1-2-13-29)23-8-3-6-21(16-23)22-7-4-9-24(17-22)32-26(20-10-11-20)25(18-30-32)28(34)35/h4,7,9,17-18,20-21,23H,1-3,5-6,8,10-16,19H2,(H,34,35). The number of nitrogens with zero attached hydrogens (tertiary/aromatic N) is 3. The van der Waals surface area contributed by atoms with Crippen molar-refractivity contribution in [2.75, 3.05) is 13.1 Å². The topological polar surface area (TPSA) is 75.4 Å². The fourth-order valence-corrected chi connectivity index (χ4v) is 7.29. The average Bonchev–Trinajstić information content (AvgIpc) is 3.47. The van der Waals surface area contributed by atoms with Crippen molar-refractivity contribution in [3.05, 3.63) is 47.3 Å². The van der Waals surface area contributed by atoms with Crippen LogP contribution in [-0.4, -0.2) is 44.8 Å². The normalized spacial score (nSPS) is 26.2. The molecule has 1 saturated heterocycles. The molecule has 6 heteroatoms. The fourth-order valence-electron chi connectivity index (χ4n) is 7.29. The van der Waals surface area contributed by atoms with E-state index < -0.39 is 5.97 Å². The average molecular weight is 476 g/mol. The molecular formula is C29H37N3O3. The summed E-state index contributed by atoms with van der Waals surface area (Å²) < 4.78 is 1.84. The molecule has 3 aliphatic carbocycles. The molecule has 1 amide bonds. The van der Waals surface area contributed by atoms with E-state index in [1.807, 2.05) is 10.7 Å². The third kappa shape index (κ3) is 4.41. The zero-order valence-corrected chi connectivity index (χ0v) is 20.6. The van der Waals surface area contributed by atoms with Crippen LogP contribution in [0.15, 0.2) is 30.5 Å². The van der Waals surface area contributed by atoms with Gasteiger partial charge in [0.05, 0.1) is 17.6 Å². The van der Waals surface area contributed by atoms with Gasteiger partial charge in [0.25, 0.3) is 0 Å². The number of carbonyl (C=O) groups is 2. The predicted octanol–water partition coefficient (Wildman–Crippen LogP) is 5.90. The Morgan fingerprint density at radius 1 is 0.971 bits per heavy atom. The zero-order chi connectivity index (χ0) is 24.0. The van der Waals surface area contributed by atoms with Crippen molar-refractivity contribution in [3.63, 3.8) is 0 Å². The van der Waals surface area contributed by atoms with Crippen LogP contribution < -0.4 is 0 Å². The van der Waals surface area contributed by atoms with Crippen molar-refractivity contribution in [1.29, 1.82) is 0 Å². The minimum Gasteiger partial charge on any atom is -0.478 e. The first-order chi connectivity index (χ1) is 17.0. The Labute approximate surface area is 207 Å². The van der Waals surface area contributed by atoms with Crippen LogP contribution in [0, 0.1) is 11.3 Å². The second-order valence-electron chi connectivity index (χ2n) is 11.7. The van der Waals surface area contributed by atoms with E-state index in [0.29, 0.717) is 22.8 Å². The monoisotopic (exact) mass is 475 g/mol. The van der Waals surface area contributed by atoms with Crippen LogP contribution in [0.5, 0.6) is 0 Å². The maximum absolute atomic E-state index is 13.6. The molecule has 2 aromatic rings. The van der Waals surface area contributed by atoms with Gasteiger partial charge in [-0.05, 0) is 86.8 Å². The third-order valence-corrected chi connectivity index (χ3v) is 9.25. The van der Waals surface area contributed by atoms with Gasteiger partial charge in [0.15, 0.2) is 0 Å². The molecule has 4 aliphatic rings. The van der Waals surface area contributed by atoms with Gasteiger partial charge < -0.3 is 10.0 Å². The molecule has 2 unspecified atom stereocenters. The number of hydrogen-bond donors (Lipinski definition) is 1. The highest BCUT2D eigenvalue weighted by molar-refractivity contribution is 5.89. The highest BCUT2D eigenvalue weighted by Crippen LogP contribution is 2.46. The van der Waals surface area contributed by atoms with E-state index in [9.17, 15) is 14.7 Å². The lowest BCUT2D eigenvalue weighted by Gasteiger charge is -2.42. The van der Waals surface area contributed by atoms with Crippen molar-refractivity contribution < 1.29 is 14.7 Å². The summed E-state index contributed by atoms with van der Waals surface area (Å²) in [6.45, 7) is 1.92. The van der Waals surface area contributed by atoms with Gasteiger partial charge in [-0.15, -0.1) is 0 Å². The Morgan fingerprint density at radius 2 is 1.77 bits per heavy atom. The molecule has 35 heavy (non-hydrogen) atoms. The number of aromatic nitrogens is 2. The van der Waals surface area contributed by atoms with Crippen LogP contribution in [0.2, 0.25) is 0 Å². The maximum atomic E-state index is 13.6. The minimum atomic E-state index is -0.903. The van der Waals surface area contributed by atoms with Crippen molar-refractivity contribution in [2.45, 2.75) is 88.9 Å². The lowest BCUT2D eigenvalue weighted by molar-refractivity contribution is -0.140. The van der Waals surface area contributed by atoms with Crippen LogP contribution in [-0.2, 0) is 4.79 Å². The van der Waals surface area contributed by atoms with Crippen LogP contribution in [0.4, 0.5) is 0 Å². The van der Waals surface area contributed by atoms with Crippen LogP contribution in [0.1, 0.15) is 111 Å². The number of carboxylic acids is 1. The van der Waals surface area contributed by atoms with Crippen LogP contribution in [0.25, 0.3) is 5.69 Å². The number of benzene rings is 1. The van der Waals surface area contributed by atoms with Gasteiger partial charge in [0, 0.05) is 24.9 Å². The van der Waals surface area contributed by atoms with E-state index in [4.69, 9.17) is 0 Å². The summed E-state index contributed by atoms with van der Waals surface area (Å²) in [7, 11) is 0. The SMILES string of the molecule is O=C(O)c1cnn(-c2cccc(C3CCCC(C(=O)N4CCCC5(CCCC5)C4)C3)c2)c1C1CC1. The molecule has 3 saturated carbocycles. The van der Waals surface area contributed by atoms with E-state index in [-0.39, 0.29) is 11.8 Å². The number of carboxylic acid groups (broad SMARTS) is 1. The molecule has 6 rings (SSSR count). The fraction of sp³-hybridized carbons (Fsp3) is 0.621. The predicted molar refractivity (Wildman–Crippen MR) is 134 cm³/mol. The minimum absolute atomic E-state index is 0.124. The summed E-state index contributed by atoms with van der Waals surface area (Å²) in [4.78, 5) is 27.6. The van der Waals surface area contributed by atoms with Gasteiger partial charge in [-0.25, -0.2) is 9.48 Å². The van der Waals surface area contributed by atoms with E-state index in [2.05, 4.69) is 28.2 Å². The van der Waals surface area contributed by atoms with E-state index >= 15 is 0 Å². The van der Waals surface area contributed by atoms with Crippen molar-refractivity contribution >= 4 is 11.9 Å². The Bertz CT molecular complexity index is 1110. The zero-order valence-electron chi connectivity index (χ0n) is 20.6. The number of carbonyl (C=O) groups excluding carboxylic acids is 1. The quantitative estimate of drug-likeness (QED) is 0.584. The Balaban J connectivity index is 1.19. The second kappa shape index (κ2) is 9.11. The second-order valence-corrected chi connectivity index (χ2v) is 11.7. The van der Waals surface area contributed by atoms with Crippen LogP contribution >= 0.6 is 0 Å². The molecule has 4 fully saturated rings. The summed E-state index contributed by atoms with van der Waals surface area (Å²) in [6.07, 6.45) is 15.4. The first-order valence-corrected chi connectivity index (χ1v) is 13.7. The summed E-state index contributed by atoms with van der Waals surface area (Å²) in [5.74, 6) is 0.267. The molecule has 2 heterocycles. The highest BCUT2D eigenvalue weighted by Gasteiger charge is 2.41. The van der Waals surface area contributed by atoms with Crippen LogP contribution in [0.3, 0.4) is 0 Å². The van der Waals surface area contributed by atoms with E-state index in [1.165, 1.54) is 43.9 Å². The van der Waals surface area contributed by atoms with Crippen molar-refractivity contribution in [3.8, 4) is 5.69 Å². The van der Waals surface area contributed by atoms with Crippen molar-refractivity contribution in [2.24, 2.45) is 11.3 Å². The summed E-state index contributed by atoms with van der Waals surface area (Å²) >= 11 is 0. The summed E-state index contributed by atoms with van der Waals surface area (Å²) in [5, 5.41) is 14.1. The molecule has 1 N–H and O–H groups in total. The number of rotatable bonds is 5. The number of hydrogen-bond acceptors (Lipinski definition) is 3. The Morgan fingerprint density at radius 3 is 2.54 bits per heavy atom. The van der Waals surface area contributed by atoms with Gasteiger partial charge in [0.2, 0.25) is 5.91 Å². The van der Waals surface area contributed by atoms with Gasteiger partial charge in [-0.1, -0.05) is 31.4 Å². The third-order valence-electron chi connectivity index (χ3n) is 9.25. The molecule has 1 aromatic heterocycles. The summed E-state index contributed by atoms with van der Waals surface area (Å²) in [5.41, 5.74) is 3.75. The molecule has 2 atom stereocenters. The first-order valence-electron chi connectivity index (χ1n) is 13.7. The smallest absolute Gasteiger partial charge is 0.339 e. The Kier molecular flexibility index (Phi) is 5.93. The van der Waals surface area contributed by atoms with Gasteiger partial charge in [-0.3, -0.25) is 4.79 Å². The largest absolute Gasteiger partial charge is 0.478 e. The number of aromatic carboxylic acids is 1. The molecule has 186 valence electrons. The van der Waals surface area contributed by atoms with Crippen molar-refractivity contribution in [1.82, 2.24) is 14.7 Å². The highest BCUT2D eigenvalue weighted by atomic mass is 16.4. The molecule has 1 spiro atoms. The molecule has 0 bridgehead atoms. The number of likely N-dealkylation sites (tertiary alicyclic amines) is 1. The molecule has 1 aromatic carbocycles. The van der Waals surface area contributed by atoms with Gasteiger partial charge in [-0.2, -0.15) is 5.10 Å². The molecule has 6 nitrogen and oxygen atoms in total. The number of amides is 1. The Hall–Kier alpha value is -2.63.